The van der Waals surface area contributed by atoms with E-state index < -0.39 is 53.2 Å². The molecule has 10 heteroatoms. The van der Waals surface area contributed by atoms with Gasteiger partial charge < -0.3 is 30.1 Å². The Morgan fingerprint density at radius 3 is 1.96 bits per heavy atom. The van der Waals surface area contributed by atoms with Crippen LogP contribution >= 0.6 is 0 Å². The highest BCUT2D eigenvalue weighted by Gasteiger charge is 2.39. The maximum Gasteiger partial charge on any atom is 0.408 e. The van der Waals surface area contributed by atoms with Gasteiger partial charge in [-0.1, -0.05) is 72.7 Å². The number of benzene rings is 3. The molecular formula is C40H47N3O7. The fraction of sp³-hybridized carbons (Fsp3) is 0.350. The molecule has 264 valence electrons. The Balaban J connectivity index is 2.13. The Labute approximate surface area is 294 Å². The van der Waals surface area contributed by atoms with Gasteiger partial charge in [0.05, 0.1) is 0 Å². The van der Waals surface area contributed by atoms with Crippen molar-refractivity contribution in [2.24, 2.45) is 0 Å². The summed E-state index contributed by atoms with van der Waals surface area (Å²) in [6, 6.07) is 18.3. The van der Waals surface area contributed by atoms with E-state index in [0.29, 0.717) is 16.7 Å². The predicted octanol–water partition coefficient (Wildman–Crippen LogP) is 5.63. The molecule has 0 heterocycles. The largest absolute Gasteiger partial charge is 0.508 e. The maximum absolute atomic E-state index is 14.7. The minimum Gasteiger partial charge on any atom is -0.508 e. The van der Waals surface area contributed by atoms with Crippen LogP contribution in [0.1, 0.15) is 69.8 Å². The van der Waals surface area contributed by atoms with E-state index in [1.165, 1.54) is 23.1 Å². The number of alkyl carbamates (subject to hydrolysis) is 1. The van der Waals surface area contributed by atoms with Crippen molar-refractivity contribution in [3.63, 3.8) is 0 Å². The van der Waals surface area contributed by atoms with Gasteiger partial charge in [-0.05, 0) is 76.4 Å². The summed E-state index contributed by atoms with van der Waals surface area (Å²) in [5.74, 6) is 0.628. The zero-order valence-electron chi connectivity index (χ0n) is 29.6. The first kappa shape index (κ1) is 38.9. The topological polar surface area (TPSA) is 134 Å². The lowest BCUT2D eigenvalue weighted by atomic mass is 9.96. The van der Waals surface area contributed by atoms with Gasteiger partial charge in [0.25, 0.3) is 0 Å². The van der Waals surface area contributed by atoms with Crippen LogP contribution in [0.2, 0.25) is 0 Å². The lowest BCUT2D eigenvalue weighted by Gasteiger charge is -2.35. The molecule has 0 fully saturated rings. The zero-order chi connectivity index (χ0) is 37.1. The molecule has 0 bridgehead atoms. The van der Waals surface area contributed by atoms with Crippen LogP contribution in [-0.4, -0.2) is 63.7 Å². The predicted molar refractivity (Wildman–Crippen MR) is 192 cm³/mol. The zero-order valence-corrected chi connectivity index (χ0v) is 29.6. The van der Waals surface area contributed by atoms with Crippen LogP contribution in [0.5, 0.6) is 5.75 Å². The molecule has 0 aliphatic carbocycles. The van der Waals surface area contributed by atoms with E-state index in [0.717, 1.165) is 5.56 Å². The number of nitrogens with zero attached hydrogens (tertiary/aromatic N) is 1. The molecule has 50 heavy (non-hydrogen) atoms. The summed E-state index contributed by atoms with van der Waals surface area (Å²) in [5.41, 5.74) is 0.368. The van der Waals surface area contributed by atoms with Gasteiger partial charge in [0.1, 0.15) is 35.1 Å². The minimum absolute atomic E-state index is 0.00827. The van der Waals surface area contributed by atoms with Crippen molar-refractivity contribution in [1.82, 2.24) is 15.5 Å². The van der Waals surface area contributed by atoms with Crippen LogP contribution in [0, 0.1) is 12.3 Å². The fourth-order valence-electron chi connectivity index (χ4n) is 5.16. The number of amides is 3. The number of nitrogens with one attached hydrogen (secondary N) is 2. The molecule has 0 saturated heterocycles. The molecule has 0 aliphatic heterocycles. The molecule has 3 N–H and O–H groups in total. The van der Waals surface area contributed by atoms with Gasteiger partial charge in [0.2, 0.25) is 11.8 Å². The standard InChI is InChI=1S/C40H47N3O7/c1-9-24-43(36(46)32(42-38(48)50-40(6,7)8)25-28-20-22-30(44)23-21-28)34(31-19-15-14-18-29(31)10-2)35(45)41-33(37(47)49-39(3,4)5)26-27-16-12-11-13-17-27/h2,9,11-23,32-34,44H,1,24-26H2,3-8H3,(H,41,45)(H,42,48). The van der Waals surface area contributed by atoms with E-state index >= 15 is 0 Å². The van der Waals surface area contributed by atoms with Crippen LogP contribution in [0.25, 0.3) is 0 Å². The third-order valence-corrected chi connectivity index (χ3v) is 7.24. The SMILES string of the molecule is C#Cc1ccccc1C(C(=O)NC(Cc1ccccc1)C(=O)OC(C)(C)C)N(CC=C)C(=O)C(Cc1ccc(O)cc1)NC(=O)OC(C)(C)C. The highest BCUT2D eigenvalue weighted by Crippen LogP contribution is 2.27. The second kappa shape index (κ2) is 17.2. The highest BCUT2D eigenvalue weighted by atomic mass is 16.6. The van der Waals surface area contributed by atoms with E-state index in [1.54, 1.807) is 77.9 Å². The Hall–Kier alpha value is -5.56. The highest BCUT2D eigenvalue weighted by molar-refractivity contribution is 5.94. The summed E-state index contributed by atoms with van der Waals surface area (Å²) in [6.07, 6.45) is 6.61. The van der Waals surface area contributed by atoms with Crippen LogP contribution in [0.3, 0.4) is 0 Å². The summed E-state index contributed by atoms with van der Waals surface area (Å²) in [6.45, 7) is 14.0. The van der Waals surface area contributed by atoms with E-state index in [9.17, 15) is 24.3 Å². The second-order valence-corrected chi connectivity index (χ2v) is 13.8. The smallest absolute Gasteiger partial charge is 0.408 e. The lowest BCUT2D eigenvalue weighted by Crippen LogP contribution is -2.55. The van der Waals surface area contributed by atoms with E-state index in [4.69, 9.17) is 15.9 Å². The second-order valence-electron chi connectivity index (χ2n) is 13.8. The third-order valence-electron chi connectivity index (χ3n) is 7.24. The number of carbonyl (C=O) groups excluding carboxylic acids is 4. The van der Waals surface area contributed by atoms with Gasteiger partial charge in [-0.15, -0.1) is 13.0 Å². The Morgan fingerprint density at radius 1 is 0.820 bits per heavy atom. The molecule has 0 saturated carbocycles. The fourth-order valence-corrected chi connectivity index (χ4v) is 5.16. The van der Waals surface area contributed by atoms with Crippen molar-refractivity contribution < 1.29 is 33.8 Å². The first-order chi connectivity index (χ1) is 23.5. The molecule has 10 nitrogen and oxygen atoms in total. The molecular weight excluding hydrogens is 634 g/mol. The molecule has 0 aromatic heterocycles. The van der Waals surface area contributed by atoms with Crippen LogP contribution < -0.4 is 10.6 Å². The number of phenolic OH excluding ortho intramolecular Hbond substituents is 1. The van der Waals surface area contributed by atoms with Crippen molar-refractivity contribution in [3.05, 3.63) is 114 Å². The molecule has 3 atom stereocenters. The first-order valence-electron chi connectivity index (χ1n) is 16.3. The summed E-state index contributed by atoms with van der Waals surface area (Å²) in [5, 5.41) is 15.4. The summed E-state index contributed by atoms with van der Waals surface area (Å²) in [7, 11) is 0. The molecule has 0 aliphatic rings. The van der Waals surface area contributed by atoms with Crippen molar-refractivity contribution in [3.8, 4) is 18.1 Å². The quantitative estimate of drug-likeness (QED) is 0.121. The first-order valence-corrected chi connectivity index (χ1v) is 16.3. The van der Waals surface area contributed by atoms with Gasteiger partial charge in [0, 0.05) is 24.9 Å². The number of phenols is 1. The van der Waals surface area contributed by atoms with Crippen molar-refractivity contribution in [2.75, 3.05) is 6.54 Å². The number of hydrogen-bond donors (Lipinski definition) is 3. The number of hydrogen-bond acceptors (Lipinski definition) is 7. The van der Waals surface area contributed by atoms with Gasteiger partial charge >= 0.3 is 12.1 Å². The third kappa shape index (κ3) is 11.8. The van der Waals surface area contributed by atoms with Gasteiger partial charge in [-0.2, -0.15) is 0 Å². The van der Waals surface area contributed by atoms with Crippen molar-refractivity contribution in [1.29, 1.82) is 0 Å². The summed E-state index contributed by atoms with van der Waals surface area (Å²) < 4.78 is 11.2. The molecule has 0 radical (unpaired) electrons. The van der Waals surface area contributed by atoms with Crippen LogP contribution in [0.4, 0.5) is 4.79 Å². The van der Waals surface area contributed by atoms with Gasteiger partial charge in [-0.3, -0.25) is 9.59 Å². The molecule has 3 aromatic rings. The number of ether oxygens (including phenoxy) is 2. The van der Waals surface area contributed by atoms with Crippen LogP contribution in [-0.2, 0) is 36.7 Å². The number of terminal acetylenes is 1. The normalized spacial score (nSPS) is 13.1. The molecule has 0 spiro atoms. The maximum atomic E-state index is 14.7. The minimum atomic E-state index is -1.36. The summed E-state index contributed by atoms with van der Waals surface area (Å²) in [4.78, 5) is 57.1. The lowest BCUT2D eigenvalue weighted by molar-refractivity contribution is -0.159. The van der Waals surface area contributed by atoms with Gasteiger partial charge in [-0.25, -0.2) is 9.59 Å². The Morgan fingerprint density at radius 2 is 1.38 bits per heavy atom. The average molecular weight is 682 g/mol. The number of rotatable bonds is 13. The van der Waals surface area contributed by atoms with E-state index in [-0.39, 0.29) is 25.1 Å². The Bertz CT molecular complexity index is 1680. The van der Waals surface area contributed by atoms with E-state index in [1.807, 2.05) is 30.3 Å². The average Bonchev–Trinajstić information content (AvgIpc) is 3.03. The molecule has 3 unspecified atom stereocenters. The van der Waals surface area contributed by atoms with Crippen molar-refractivity contribution >= 4 is 23.9 Å². The van der Waals surface area contributed by atoms with Crippen molar-refractivity contribution in [2.45, 2.75) is 83.7 Å². The molecule has 3 rings (SSSR count). The van der Waals surface area contributed by atoms with E-state index in [2.05, 4.69) is 23.1 Å². The molecule has 3 amide bonds. The number of esters is 1. The number of carbonyl (C=O) groups is 4. The Kier molecular flexibility index (Phi) is 13.4. The monoisotopic (exact) mass is 681 g/mol. The van der Waals surface area contributed by atoms with Gasteiger partial charge in [0.15, 0.2) is 0 Å². The molecule has 3 aromatic carbocycles. The van der Waals surface area contributed by atoms with Crippen LogP contribution in [0.15, 0.2) is 91.5 Å². The number of aromatic hydroxyl groups is 1. The summed E-state index contributed by atoms with van der Waals surface area (Å²) >= 11 is 0.